The van der Waals surface area contributed by atoms with E-state index >= 15 is 0 Å². The van der Waals surface area contributed by atoms with E-state index in [2.05, 4.69) is 24.1 Å². The fraction of sp³-hybridized carbons (Fsp3) is 0.929. The van der Waals surface area contributed by atoms with E-state index in [1.54, 1.807) is 0 Å². The van der Waals surface area contributed by atoms with Crippen molar-refractivity contribution in [3.63, 3.8) is 0 Å². The van der Waals surface area contributed by atoms with Gasteiger partial charge in [0.2, 0.25) is 0 Å². The summed E-state index contributed by atoms with van der Waals surface area (Å²) in [7, 11) is 0. The summed E-state index contributed by atoms with van der Waals surface area (Å²) in [5, 5.41) is 12.6. The Morgan fingerprint density at radius 1 is 1.39 bits per heavy atom. The minimum absolute atomic E-state index is 0.321. The molecular formula is C14H26N2O2. The number of likely N-dealkylation sites (tertiary alicyclic amines) is 1. The number of hydrogen-bond donors (Lipinski definition) is 2. The highest BCUT2D eigenvalue weighted by molar-refractivity contribution is 5.67. The van der Waals surface area contributed by atoms with Crippen LogP contribution in [0.25, 0.3) is 0 Å². The molecule has 104 valence electrons. The molecule has 1 heterocycles. The zero-order valence-electron chi connectivity index (χ0n) is 11.6. The van der Waals surface area contributed by atoms with Crippen LogP contribution in [-0.4, -0.2) is 47.7 Å². The maximum Gasteiger partial charge on any atom is 0.303 e. The fourth-order valence-electron chi connectivity index (χ4n) is 2.92. The van der Waals surface area contributed by atoms with Gasteiger partial charge in [-0.25, -0.2) is 0 Å². The Morgan fingerprint density at radius 2 is 2.11 bits per heavy atom. The summed E-state index contributed by atoms with van der Waals surface area (Å²) in [6, 6.07) is 1.22. The van der Waals surface area contributed by atoms with Crippen molar-refractivity contribution in [2.24, 2.45) is 11.8 Å². The van der Waals surface area contributed by atoms with Crippen molar-refractivity contribution in [1.29, 1.82) is 0 Å². The van der Waals surface area contributed by atoms with Crippen LogP contribution >= 0.6 is 0 Å². The van der Waals surface area contributed by atoms with E-state index < -0.39 is 5.97 Å². The summed E-state index contributed by atoms with van der Waals surface area (Å²) in [5.74, 6) is 0.320. The number of piperidine rings is 1. The quantitative estimate of drug-likeness (QED) is 0.755. The molecule has 4 heteroatoms. The van der Waals surface area contributed by atoms with E-state index in [1.807, 2.05) is 0 Å². The lowest BCUT2D eigenvalue weighted by Crippen LogP contribution is -2.51. The first kappa shape index (κ1) is 13.8. The first-order valence-corrected chi connectivity index (χ1v) is 7.23. The van der Waals surface area contributed by atoms with Crippen molar-refractivity contribution in [3.8, 4) is 0 Å². The molecular weight excluding hydrogens is 228 g/mol. The number of carboxylic acid groups (broad SMARTS) is 1. The predicted octanol–water partition coefficient (Wildman–Crippen LogP) is 1.56. The second-order valence-corrected chi connectivity index (χ2v) is 6.38. The molecule has 2 unspecified atom stereocenters. The van der Waals surface area contributed by atoms with Crippen LogP contribution in [-0.2, 0) is 4.79 Å². The van der Waals surface area contributed by atoms with Gasteiger partial charge in [-0.15, -0.1) is 0 Å². The van der Waals surface area contributed by atoms with Gasteiger partial charge in [-0.3, -0.25) is 9.69 Å². The highest BCUT2D eigenvalue weighted by atomic mass is 16.4. The van der Waals surface area contributed by atoms with Gasteiger partial charge in [-0.1, -0.05) is 13.8 Å². The summed E-state index contributed by atoms with van der Waals surface area (Å²) in [6.45, 7) is 7.54. The smallest absolute Gasteiger partial charge is 0.303 e. The lowest BCUT2D eigenvalue weighted by molar-refractivity contribution is -0.138. The maximum absolute atomic E-state index is 10.9. The minimum atomic E-state index is -0.653. The van der Waals surface area contributed by atoms with Crippen LogP contribution in [0.1, 0.15) is 39.5 Å². The summed E-state index contributed by atoms with van der Waals surface area (Å²) in [5.41, 5.74) is 0. The Hall–Kier alpha value is -0.610. The van der Waals surface area contributed by atoms with E-state index in [-0.39, 0.29) is 0 Å². The number of hydrogen-bond acceptors (Lipinski definition) is 3. The Bertz CT molecular complexity index is 290. The third-order valence-electron chi connectivity index (χ3n) is 3.91. The molecule has 2 aliphatic rings. The van der Waals surface area contributed by atoms with Crippen LogP contribution < -0.4 is 5.32 Å². The molecule has 0 aromatic heterocycles. The average Bonchev–Trinajstić information content (AvgIpc) is 3.08. The largest absolute Gasteiger partial charge is 0.481 e. The second-order valence-electron chi connectivity index (χ2n) is 6.38. The summed E-state index contributed by atoms with van der Waals surface area (Å²) < 4.78 is 0. The molecule has 0 radical (unpaired) electrons. The number of carboxylic acids is 1. The van der Waals surface area contributed by atoms with Crippen molar-refractivity contribution in [1.82, 2.24) is 10.2 Å². The van der Waals surface area contributed by atoms with Gasteiger partial charge in [0.15, 0.2) is 0 Å². The highest BCUT2D eigenvalue weighted by Crippen LogP contribution is 2.32. The minimum Gasteiger partial charge on any atom is -0.481 e. The van der Waals surface area contributed by atoms with Crippen LogP contribution in [0.4, 0.5) is 0 Å². The van der Waals surface area contributed by atoms with Crippen LogP contribution in [0.3, 0.4) is 0 Å². The zero-order valence-corrected chi connectivity index (χ0v) is 11.6. The molecule has 0 bridgehead atoms. The van der Waals surface area contributed by atoms with Gasteiger partial charge in [-0.05, 0) is 37.6 Å². The summed E-state index contributed by atoms with van der Waals surface area (Å²) in [6.07, 6.45) is 3.94. The number of carbonyl (C=O) groups is 1. The molecule has 0 aromatic carbocycles. The number of nitrogens with zero attached hydrogens (tertiary/aromatic N) is 1. The lowest BCUT2D eigenvalue weighted by Gasteiger charge is -2.38. The first-order valence-electron chi connectivity index (χ1n) is 7.23. The zero-order chi connectivity index (χ0) is 13.1. The van der Waals surface area contributed by atoms with Gasteiger partial charge in [0.25, 0.3) is 0 Å². The standard InChI is InChI=1S/C14H26N2O2/c1-10(2)7-15-12-5-11(6-14(17)18)8-16(9-12)13-3-4-13/h10-13,15H,3-9H2,1-2H3,(H,17,18). The third kappa shape index (κ3) is 4.25. The van der Waals surface area contributed by atoms with E-state index in [0.717, 1.165) is 32.1 Å². The monoisotopic (exact) mass is 254 g/mol. The van der Waals surface area contributed by atoms with Crippen molar-refractivity contribution in [2.45, 2.75) is 51.6 Å². The van der Waals surface area contributed by atoms with Gasteiger partial charge < -0.3 is 10.4 Å². The molecule has 0 amide bonds. The molecule has 2 fully saturated rings. The van der Waals surface area contributed by atoms with E-state index in [1.165, 1.54) is 12.8 Å². The molecule has 1 aliphatic heterocycles. The van der Waals surface area contributed by atoms with Crippen LogP contribution in [0.15, 0.2) is 0 Å². The van der Waals surface area contributed by atoms with Gasteiger partial charge in [0.1, 0.15) is 0 Å². The van der Waals surface area contributed by atoms with Crippen LogP contribution in [0.5, 0.6) is 0 Å². The van der Waals surface area contributed by atoms with Gasteiger partial charge in [-0.2, -0.15) is 0 Å². The first-order chi connectivity index (χ1) is 8.54. The topological polar surface area (TPSA) is 52.6 Å². The molecule has 0 aromatic rings. The molecule has 1 saturated carbocycles. The normalized spacial score (nSPS) is 29.7. The van der Waals surface area contributed by atoms with Gasteiger partial charge in [0.05, 0.1) is 0 Å². The van der Waals surface area contributed by atoms with Crippen LogP contribution in [0, 0.1) is 11.8 Å². The van der Waals surface area contributed by atoms with Crippen molar-refractivity contribution < 1.29 is 9.90 Å². The molecule has 18 heavy (non-hydrogen) atoms. The Labute approximate surface area is 110 Å². The third-order valence-corrected chi connectivity index (χ3v) is 3.91. The highest BCUT2D eigenvalue weighted by Gasteiger charge is 2.36. The molecule has 2 N–H and O–H groups in total. The van der Waals surface area contributed by atoms with Gasteiger partial charge in [0, 0.05) is 31.6 Å². The number of rotatable bonds is 6. The summed E-state index contributed by atoms with van der Waals surface area (Å²) in [4.78, 5) is 13.4. The van der Waals surface area contributed by atoms with E-state index in [9.17, 15) is 4.79 Å². The molecule has 1 saturated heterocycles. The van der Waals surface area contributed by atoms with E-state index in [4.69, 9.17) is 5.11 Å². The van der Waals surface area contributed by atoms with Crippen molar-refractivity contribution >= 4 is 5.97 Å². The fourth-order valence-corrected chi connectivity index (χ4v) is 2.92. The Balaban J connectivity index is 1.86. The molecule has 0 spiro atoms. The molecule has 1 aliphatic carbocycles. The number of aliphatic carboxylic acids is 1. The van der Waals surface area contributed by atoms with Crippen molar-refractivity contribution in [2.75, 3.05) is 19.6 Å². The Kier molecular flexibility index (Phi) is 4.62. The summed E-state index contributed by atoms with van der Waals surface area (Å²) >= 11 is 0. The molecule has 2 rings (SSSR count). The van der Waals surface area contributed by atoms with Crippen molar-refractivity contribution in [3.05, 3.63) is 0 Å². The van der Waals surface area contributed by atoms with Gasteiger partial charge >= 0.3 is 5.97 Å². The average molecular weight is 254 g/mol. The molecule has 2 atom stereocenters. The number of nitrogens with one attached hydrogen (secondary N) is 1. The second kappa shape index (κ2) is 6.02. The van der Waals surface area contributed by atoms with Crippen LogP contribution in [0.2, 0.25) is 0 Å². The lowest BCUT2D eigenvalue weighted by atomic mass is 9.91. The Morgan fingerprint density at radius 3 is 2.67 bits per heavy atom. The van der Waals surface area contributed by atoms with E-state index in [0.29, 0.717) is 24.3 Å². The SMILES string of the molecule is CC(C)CNC1CC(CC(=O)O)CN(C2CC2)C1. The predicted molar refractivity (Wildman–Crippen MR) is 71.6 cm³/mol. The maximum atomic E-state index is 10.9. The molecule has 4 nitrogen and oxygen atoms in total.